The summed E-state index contributed by atoms with van der Waals surface area (Å²) in [6, 6.07) is 12.2. The number of rotatable bonds is 3. The van der Waals surface area contributed by atoms with Crippen LogP contribution in [-0.4, -0.2) is 37.4 Å². The SMILES string of the molecule is CN(C)C(=O)c1ccc(C#CCNC(=O)c2ccc(F)cc2)cc1. The molecule has 0 bridgehead atoms. The molecule has 0 aliphatic carbocycles. The van der Waals surface area contributed by atoms with E-state index in [0.717, 1.165) is 5.56 Å². The van der Waals surface area contributed by atoms with Crippen LogP contribution < -0.4 is 5.32 Å². The lowest BCUT2D eigenvalue weighted by atomic mass is 10.1. The zero-order valence-electron chi connectivity index (χ0n) is 13.5. The minimum atomic E-state index is -0.387. The molecule has 2 amide bonds. The molecule has 0 saturated carbocycles. The zero-order valence-corrected chi connectivity index (χ0v) is 13.5. The molecule has 0 aliphatic heterocycles. The summed E-state index contributed by atoms with van der Waals surface area (Å²) in [6.07, 6.45) is 0. The van der Waals surface area contributed by atoms with Crippen LogP contribution in [0.3, 0.4) is 0 Å². The van der Waals surface area contributed by atoms with Gasteiger partial charge in [0, 0.05) is 30.8 Å². The Morgan fingerprint density at radius 1 is 1.00 bits per heavy atom. The number of carbonyl (C=O) groups is 2. The van der Waals surface area contributed by atoms with E-state index in [0.29, 0.717) is 11.1 Å². The normalized spacial score (nSPS) is 9.62. The Morgan fingerprint density at radius 3 is 2.17 bits per heavy atom. The average Bonchev–Trinajstić information content (AvgIpc) is 2.59. The van der Waals surface area contributed by atoms with Crippen LogP contribution in [0, 0.1) is 17.7 Å². The summed E-state index contributed by atoms with van der Waals surface area (Å²) < 4.78 is 12.8. The van der Waals surface area contributed by atoms with Crippen LogP contribution in [0.4, 0.5) is 4.39 Å². The average molecular weight is 324 g/mol. The number of hydrogen-bond donors (Lipinski definition) is 1. The van der Waals surface area contributed by atoms with Gasteiger partial charge in [-0.1, -0.05) is 11.8 Å². The quantitative estimate of drug-likeness (QED) is 0.881. The van der Waals surface area contributed by atoms with Gasteiger partial charge in [-0.2, -0.15) is 0 Å². The van der Waals surface area contributed by atoms with Crippen molar-refractivity contribution in [3.63, 3.8) is 0 Å². The van der Waals surface area contributed by atoms with Crippen LogP contribution in [0.1, 0.15) is 26.3 Å². The molecule has 24 heavy (non-hydrogen) atoms. The van der Waals surface area contributed by atoms with Gasteiger partial charge in [-0.05, 0) is 48.5 Å². The molecule has 0 radical (unpaired) electrons. The Labute approximate surface area is 140 Å². The second-order valence-electron chi connectivity index (χ2n) is 5.27. The van der Waals surface area contributed by atoms with Crippen LogP contribution in [0.25, 0.3) is 0 Å². The summed E-state index contributed by atoms with van der Waals surface area (Å²) in [5, 5.41) is 2.64. The highest BCUT2D eigenvalue weighted by Gasteiger charge is 2.06. The molecule has 0 aliphatic rings. The zero-order chi connectivity index (χ0) is 17.5. The van der Waals surface area contributed by atoms with Crippen molar-refractivity contribution in [2.24, 2.45) is 0 Å². The lowest BCUT2D eigenvalue weighted by Gasteiger charge is -2.09. The summed E-state index contributed by atoms with van der Waals surface area (Å²) in [5.74, 6) is 4.98. The molecule has 0 heterocycles. The van der Waals surface area contributed by atoms with Crippen molar-refractivity contribution in [3.8, 4) is 11.8 Å². The second kappa shape index (κ2) is 7.93. The molecule has 0 atom stereocenters. The third-order valence-corrected chi connectivity index (χ3v) is 3.21. The van der Waals surface area contributed by atoms with E-state index in [1.807, 2.05) is 0 Å². The number of nitrogens with zero attached hydrogens (tertiary/aromatic N) is 1. The first-order chi connectivity index (χ1) is 11.5. The second-order valence-corrected chi connectivity index (χ2v) is 5.27. The van der Waals surface area contributed by atoms with Gasteiger partial charge in [0.2, 0.25) is 0 Å². The summed E-state index contributed by atoms with van der Waals surface area (Å²) in [4.78, 5) is 25.1. The molecule has 2 rings (SSSR count). The van der Waals surface area contributed by atoms with Crippen molar-refractivity contribution in [2.45, 2.75) is 0 Å². The first kappa shape index (κ1) is 17.2. The molecular formula is C19H17FN2O2. The van der Waals surface area contributed by atoms with Gasteiger partial charge in [0.1, 0.15) is 5.82 Å². The van der Waals surface area contributed by atoms with Gasteiger partial charge in [-0.25, -0.2) is 4.39 Å². The van der Waals surface area contributed by atoms with E-state index in [4.69, 9.17) is 0 Å². The van der Waals surface area contributed by atoms with Crippen LogP contribution in [0.15, 0.2) is 48.5 Å². The highest BCUT2D eigenvalue weighted by molar-refractivity contribution is 5.94. The topological polar surface area (TPSA) is 49.4 Å². The van der Waals surface area contributed by atoms with Gasteiger partial charge in [-0.3, -0.25) is 9.59 Å². The smallest absolute Gasteiger partial charge is 0.253 e. The van der Waals surface area contributed by atoms with Gasteiger partial charge in [0.05, 0.1) is 6.54 Å². The predicted molar refractivity (Wildman–Crippen MR) is 90.1 cm³/mol. The Balaban J connectivity index is 1.90. The van der Waals surface area contributed by atoms with Gasteiger partial charge in [-0.15, -0.1) is 0 Å². The summed E-state index contributed by atoms with van der Waals surface area (Å²) in [7, 11) is 3.39. The number of benzene rings is 2. The number of carbonyl (C=O) groups excluding carboxylic acids is 2. The van der Waals surface area contributed by atoms with Crippen molar-refractivity contribution < 1.29 is 14.0 Å². The van der Waals surface area contributed by atoms with Crippen LogP contribution in [-0.2, 0) is 0 Å². The largest absolute Gasteiger partial charge is 0.345 e. The minimum absolute atomic E-state index is 0.0685. The highest BCUT2D eigenvalue weighted by atomic mass is 19.1. The van der Waals surface area contributed by atoms with Gasteiger partial charge in [0.25, 0.3) is 11.8 Å². The van der Waals surface area contributed by atoms with E-state index in [1.54, 1.807) is 38.4 Å². The molecule has 2 aromatic carbocycles. The van der Waals surface area contributed by atoms with Crippen molar-refractivity contribution in [1.82, 2.24) is 10.2 Å². The molecule has 0 aromatic heterocycles. The van der Waals surface area contributed by atoms with Crippen molar-refractivity contribution >= 4 is 11.8 Å². The van der Waals surface area contributed by atoms with Crippen molar-refractivity contribution in [3.05, 3.63) is 71.0 Å². The lowest BCUT2D eigenvalue weighted by Crippen LogP contribution is -2.23. The first-order valence-corrected chi connectivity index (χ1v) is 7.32. The fourth-order valence-electron chi connectivity index (χ4n) is 1.93. The molecule has 4 nitrogen and oxygen atoms in total. The minimum Gasteiger partial charge on any atom is -0.345 e. The Kier molecular flexibility index (Phi) is 5.69. The molecular weight excluding hydrogens is 307 g/mol. The molecule has 0 unspecified atom stereocenters. The van der Waals surface area contributed by atoms with E-state index in [9.17, 15) is 14.0 Å². The highest BCUT2D eigenvalue weighted by Crippen LogP contribution is 2.05. The third kappa shape index (κ3) is 4.68. The number of hydrogen-bond acceptors (Lipinski definition) is 2. The molecule has 0 saturated heterocycles. The molecule has 122 valence electrons. The maximum absolute atomic E-state index is 12.8. The van der Waals surface area contributed by atoms with E-state index >= 15 is 0 Å². The predicted octanol–water partition coefficient (Wildman–Crippen LogP) is 2.31. The number of nitrogens with one attached hydrogen (secondary N) is 1. The van der Waals surface area contributed by atoms with E-state index in [2.05, 4.69) is 17.2 Å². The Morgan fingerprint density at radius 2 is 1.58 bits per heavy atom. The van der Waals surface area contributed by atoms with Crippen molar-refractivity contribution in [2.75, 3.05) is 20.6 Å². The summed E-state index contributed by atoms with van der Waals surface area (Å²) in [6.45, 7) is 0.175. The first-order valence-electron chi connectivity index (χ1n) is 7.32. The van der Waals surface area contributed by atoms with Gasteiger partial charge >= 0.3 is 0 Å². The standard InChI is InChI=1S/C19H17FN2O2/c1-22(2)19(24)16-7-5-14(6-8-16)4-3-13-21-18(23)15-9-11-17(20)12-10-15/h5-12H,13H2,1-2H3,(H,21,23). The molecule has 0 fully saturated rings. The fraction of sp³-hybridized carbons (Fsp3) is 0.158. The lowest BCUT2D eigenvalue weighted by molar-refractivity contribution is 0.0827. The van der Waals surface area contributed by atoms with E-state index in [-0.39, 0.29) is 24.2 Å². The maximum Gasteiger partial charge on any atom is 0.253 e. The maximum atomic E-state index is 12.8. The molecule has 0 spiro atoms. The Bertz CT molecular complexity index is 785. The van der Waals surface area contributed by atoms with E-state index in [1.165, 1.54) is 29.2 Å². The molecule has 2 aromatic rings. The molecule has 5 heteroatoms. The number of halogens is 1. The van der Waals surface area contributed by atoms with Crippen LogP contribution in [0.5, 0.6) is 0 Å². The Hall–Kier alpha value is -3.13. The van der Waals surface area contributed by atoms with Crippen LogP contribution >= 0.6 is 0 Å². The fourth-order valence-corrected chi connectivity index (χ4v) is 1.93. The summed E-state index contributed by atoms with van der Waals surface area (Å²) >= 11 is 0. The van der Waals surface area contributed by atoms with Crippen molar-refractivity contribution in [1.29, 1.82) is 0 Å². The van der Waals surface area contributed by atoms with Gasteiger partial charge in [0.15, 0.2) is 0 Å². The monoisotopic (exact) mass is 324 g/mol. The molecule has 1 N–H and O–H groups in total. The van der Waals surface area contributed by atoms with E-state index < -0.39 is 0 Å². The summed E-state index contributed by atoms with van der Waals surface area (Å²) in [5.41, 5.74) is 1.72. The van der Waals surface area contributed by atoms with Crippen LogP contribution in [0.2, 0.25) is 0 Å². The number of amides is 2. The van der Waals surface area contributed by atoms with Gasteiger partial charge < -0.3 is 10.2 Å². The third-order valence-electron chi connectivity index (χ3n) is 3.21.